The fraction of sp³-hybridized carbons (Fsp3) is 0.200. The van der Waals surface area contributed by atoms with Crippen LogP contribution in [0.1, 0.15) is 29.0 Å². The van der Waals surface area contributed by atoms with E-state index in [4.69, 9.17) is 11.6 Å². The van der Waals surface area contributed by atoms with Gasteiger partial charge in [0, 0.05) is 4.47 Å². The highest BCUT2D eigenvalue weighted by atomic mass is 79.9. The van der Waals surface area contributed by atoms with Crippen molar-refractivity contribution in [3.8, 4) is 0 Å². The molecule has 0 nitrogen and oxygen atoms in total. The lowest BCUT2D eigenvalue weighted by Gasteiger charge is -2.11. The summed E-state index contributed by atoms with van der Waals surface area (Å²) in [7, 11) is 0. The van der Waals surface area contributed by atoms with E-state index in [0.717, 1.165) is 22.0 Å². The normalized spacial score (nSPS) is 12.4. The second-order valence-corrected chi connectivity index (χ2v) is 5.36. The molecule has 0 aliphatic heterocycles. The number of aryl methyl sites for hydroxylation is 1. The summed E-state index contributed by atoms with van der Waals surface area (Å²) >= 11 is 9.95. The first kappa shape index (κ1) is 12.7. The molecular formula is C15H14BrCl. The first-order chi connectivity index (χ1) is 8.20. The number of alkyl halides is 1. The SMILES string of the molecule is CCc1ccc(C(Cl)c2cccc(Br)c2)cc1. The summed E-state index contributed by atoms with van der Waals surface area (Å²) in [5.74, 6) is 0. The van der Waals surface area contributed by atoms with Crippen LogP contribution in [0, 0.1) is 0 Å². The Morgan fingerprint density at radius 3 is 2.35 bits per heavy atom. The summed E-state index contributed by atoms with van der Waals surface area (Å²) in [6.07, 6.45) is 1.06. The van der Waals surface area contributed by atoms with Gasteiger partial charge in [0.2, 0.25) is 0 Å². The first-order valence-electron chi connectivity index (χ1n) is 5.69. The minimum atomic E-state index is -0.0848. The van der Waals surface area contributed by atoms with Crippen molar-refractivity contribution in [3.63, 3.8) is 0 Å². The molecular weight excluding hydrogens is 296 g/mol. The highest BCUT2D eigenvalue weighted by Gasteiger charge is 2.10. The van der Waals surface area contributed by atoms with Gasteiger partial charge < -0.3 is 0 Å². The number of halogens is 2. The molecule has 17 heavy (non-hydrogen) atoms. The van der Waals surface area contributed by atoms with Crippen molar-refractivity contribution >= 4 is 27.5 Å². The van der Waals surface area contributed by atoms with Gasteiger partial charge in [-0.15, -0.1) is 11.6 Å². The third kappa shape index (κ3) is 3.11. The lowest BCUT2D eigenvalue weighted by molar-refractivity contribution is 1.10. The fourth-order valence-corrected chi connectivity index (χ4v) is 2.48. The van der Waals surface area contributed by atoms with Crippen molar-refractivity contribution in [1.82, 2.24) is 0 Å². The van der Waals surface area contributed by atoms with E-state index in [0.29, 0.717) is 0 Å². The highest BCUT2D eigenvalue weighted by Crippen LogP contribution is 2.30. The molecule has 2 aromatic carbocycles. The van der Waals surface area contributed by atoms with E-state index in [1.807, 2.05) is 12.1 Å². The summed E-state index contributed by atoms with van der Waals surface area (Å²) in [4.78, 5) is 0. The van der Waals surface area contributed by atoms with Crippen LogP contribution in [0.5, 0.6) is 0 Å². The Kier molecular flexibility index (Phi) is 4.25. The van der Waals surface area contributed by atoms with E-state index >= 15 is 0 Å². The Balaban J connectivity index is 2.27. The molecule has 2 heteroatoms. The molecule has 0 aliphatic carbocycles. The molecule has 88 valence electrons. The van der Waals surface area contributed by atoms with Crippen molar-refractivity contribution in [3.05, 3.63) is 69.7 Å². The van der Waals surface area contributed by atoms with E-state index in [2.05, 4.69) is 59.3 Å². The van der Waals surface area contributed by atoms with Gasteiger partial charge in [0.1, 0.15) is 0 Å². The van der Waals surface area contributed by atoms with Crippen LogP contribution >= 0.6 is 27.5 Å². The monoisotopic (exact) mass is 308 g/mol. The van der Waals surface area contributed by atoms with Gasteiger partial charge in [-0.1, -0.05) is 59.3 Å². The fourth-order valence-electron chi connectivity index (χ4n) is 1.78. The third-order valence-electron chi connectivity index (χ3n) is 2.82. The Morgan fingerprint density at radius 2 is 1.76 bits per heavy atom. The van der Waals surface area contributed by atoms with Crippen molar-refractivity contribution in [2.24, 2.45) is 0 Å². The average Bonchev–Trinajstić information content (AvgIpc) is 2.38. The predicted molar refractivity (Wildman–Crippen MR) is 77.7 cm³/mol. The average molecular weight is 310 g/mol. The second-order valence-electron chi connectivity index (χ2n) is 4.01. The van der Waals surface area contributed by atoms with Crippen molar-refractivity contribution in [2.75, 3.05) is 0 Å². The smallest absolute Gasteiger partial charge is 0.0835 e. The summed E-state index contributed by atoms with van der Waals surface area (Å²) in [6.45, 7) is 2.15. The summed E-state index contributed by atoms with van der Waals surface area (Å²) < 4.78 is 1.06. The molecule has 0 saturated heterocycles. The number of hydrogen-bond acceptors (Lipinski definition) is 0. The molecule has 0 radical (unpaired) electrons. The maximum atomic E-state index is 6.48. The van der Waals surface area contributed by atoms with Crippen LogP contribution in [0.25, 0.3) is 0 Å². The molecule has 2 aromatic rings. The maximum Gasteiger partial charge on any atom is 0.0835 e. The molecule has 0 spiro atoms. The topological polar surface area (TPSA) is 0 Å². The maximum absolute atomic E-state index is 6.48. The van der Waals surface area contributed by atoms with Gasteiger partial charge in [0.15, 0.2) is 0 Å². The van der Waals surface area contributed by atoms with Crippen molar-refractivity contribution < 1.29 is 0 Å². The largest absolute Gasteiger partial charge is 0.113 e. The van der Waals surface area contributed by atoms with E-state index < -0.39 is 0 Å². The van der Waals surface area contributed by atoms with Gasteiger partial charge in [0.25, 0.3) is 0 Å². The summed E-state index contributed by atoms with van der Waals surface area (Å²) in [6, 6.07) is 16.6. The van der Waals surface area contributed by atoms with Gasteiger partial charge in [-0.3, -0.25) is 0 Å². The Morgan fingerprint density at radius 1 is 1.06 bits per heavy atom. The molecule has 0 aliphatic rings. The molecule has 0 heterocycles. The molecule has 0 fully saturated rings. The Hall–Kier alpha value is -0.790. The molecule has 1 atom stereocenters. The minimum absolute atomic E-state index is 0.0848. The lowest BCUT2D eigenvalue weighted by atomic mass is 10.0. The number of benzene rings is 2. The van der Waals surface area contributed by atoms with E-state index in [9.17, 15) is 0 Å². The number of hydrogen-bond donors (Lipinski definition) is 0. The van der Waals surface area contributed by atoms with E-state index in [1.165, 1.54) is 5.56 Å². The number of rotatable bonds is 3. The van der Waals surface area contributed by atoms with Crippen LogP contribution in [-0.2, 0) is 6.42 Å². The van der Waals surface area contributed by atoms with E-state index in [1.54, 1.807) is 0 Å². The molecule has 0 aromatic heterocycles. The van der Waals surface area contributed by atoms with Gasteiger partial charge >= 0.3 is 0 Å². The molecule has 1 unspecified atom stereocenters. The zero-order valence-electron chi connectivity index (χ0n) is 9.66. The zero-order valence-corrected chi connectivity index (χ0v) is 12.0. The molecule has 0 saturated carbocycles. The van der Waals surface area contributed by atoms with Gasteiger partial charge in [-0.2, -0.15) is 0 Å². The second kappa shape index (κ2) is 5.70. The Bertz CT molecular complexity index is 491. The third-order valence-corrected chi connectivity index (χ3v) is 3.82. The van der Waals surface area contributed by atoms with Crippen LogP contribution in [0.15, 0.2) is 53.0 Å². The van der Waals surface area contributed by atoms with Gasteiger partial charge in [-0.05, 0) is 35.2 Å². The zero-order chi connectivity index (χ0) is 12.3. The highest BCUT2D eigenvalue weighted by molar-refractivity contribution is 9.10. The molecule has 0 amide bonds. The van der Waals surface area contributed by atoms with Gasteiger partial charge in [0.05, 0.1) is 5.38 Å². The van der Waals surface area contributed by atoms with Crippen LogP contribution < -0.4 is 0 Å². The molecule has 2 rings (SSSR count). The first-order valence-corrected chi connectivity index (χ1v) is 6.92. The lowest BCUT2D eigenvalue weighted by Crippen LogP contribution is -1.93. The van der Waals surface area contributed by atoms with Crippen LogP contribution in [-0.4, -0.2) is 0 Å². The van der Waals surface area contributed by atoms with Crippen LogP contribution in [0.3, 0.4) is 0 Å². The van der Waals surface area contributed by atoms with Crippen LogP contribution in [0.2, 0.25) is 0 Å². The Labute approximate surface area is 116 Å². The van der Waals surface area contributed by atoms with Crippen molar-refractivity contribution in [1.29, 1.82) is 0 Å². The summed E-state index contributed by atoms with van der Waals surface area (Å²) in [5.41, 5.74) is 3.60. The predicted octanol–water partition coefficient (Wildman–Crippen LogP) is 5.34. The quantitative estimate of drug-likeness (QED) is 0.671. The minimum Gasteiger partial charge on any atom is -0.113 e. The standard InChI is InChI=1S/C15H14BrCl/c1-2-11-6-8-12(9-7-11)15(17)13-4-3-5-14(16)10-13/h3-10,15H,2H2,1H3. The van der Waals surface area contributed by atoms with Crippen LogP contribution in [0.4, 0.5) is 0 Å². The molecule has 0 N–H and O–H groups in total. The van der Waals surface area contributed by atoms with E-state index in [-0.39, 0.29) is 5.38 Å². The molecule has 0 bridgehead atoms. The van der Waals surface area contributed by atoms with Crippen molar-refractivity contribution in [2.45, 2.75) is 18.7 Å². The van der Waals surface area contributed by atoms with Gasteiger partial charge in [-0.25, -0.2) is 0 Å². The summed E-state index contributed by atoms with van der Waals surface area (Å²) in [5, 5.41) is -0.0848.